The fourth-order valence-corrected chi connectivity index (χ4v) is 7.66. The molecule has 2 aliphatic heterocycles. The number of hydrogen-bond acceptors (Lipinski definition) is 17. The van der Waals surface area contributed by atoms with Gasteiger partial charge in [0, 0.05) is 37.2 Å². The number of nitrogens with zero attached hydrogens (tertiary/aromatic N) is 2. The van der Waals surface area contributed by atoms with Crippen molar-refractivity contribution in [2.75, 3.05) is 20.2 Å². The molecule has 1 aromatic rings. The lowest BCUT2D eigenvalue weighted by Crippen LogP contribution is -2.70. The average molecular weight is 911 g/mol. The number of carbonyl (C=O) groups excluding carboxylic acids is 4. The summed E-state index contributed by atoms with van der Waals surface area (Å²) in [4.78, 5) is 64.1. The summed E-state index contributed by atoms with van der Waals surface area (Å²) in [5, 5.41) is 54.8. The summed E-state index contributed by atoms with van der Waals surface area (Å²) in [7, 11) is 1.34. The van der Waals surface area contributed by atoms with Crippen LogP contribution in [0.3, 0.4) is 0 Å². The summed E-state index contributed by atoms with van der Waals surface area (Å²) in [6.45, 7) is 15.5. The van der Waals surface area contributed by atoms with Crippen molar-refractivity contribution in [2.45, 2.75) is 166 Å². The van der Waals surface area contributed by atoms with Gasteiger partial charge in [-0.15, -0.1) is 0 Å². The Balaban J connectivity index is 1.64. The number of aliphatic hydroxyl groups excluding tert-OH is 2. The molecule has 1 saturated heterocycles. The highest BCUT2D eigenvalue weighted by atomic mass is 16.7. The number of likely N-dealkylation sites (N-methyl/N-ethyl adjacent to an activating group) is 1. The van der Waals surface area contributed by atoms with Gasteiger partial charge in [0.05, 0.1) is 36.3 Å². The van der Waals surface area contributed by atoms with Crippen LogP contribution in [0.1, 0.15) is 87.6 Å². The van der Waals surface area contributed by atoms with Crippen molar-refractivity contribution in [3.8, 4) is 0 Å². The van der Waals surface area contributed by atoms with Gasteiger partial charge in [-0.2, -0.15) is 0 Å². The number of nitro groups is 1. The van der Waals surface area contributed by atoms with Crippen molar-refractivity contribution in [2.24, 2.45) is 11.7 Å². The minimum atomic E-state index is -1.81. The van der Waals surface area contributed by atoms with Crippen LogP contribution >= 0.6 is 0 Å². The molecule has 360 valence electrons. The number of amides is 4. The number of aliphatic hydroxyl groups is 3. The van der Waals surface area contributed by atoms with Gasteiger partial charge >= 0.3 is 24.4 Å². The molecular formula is C42H66N6O16. The molecular weight excluding hydrogens is 844 g/mol. The van der Waals surface area contributed by atoms with Gasteiger partial charge in [0.1, 0.15) is 53.1 Å². The zero-order chi connectivity index (χ0) is 48.1. The third-order valence-electron chi connectivity index (χ3n) is 10.3. The van der Waals surface area contributed by atoms with Gasteiger partial charge in [0.2, 0.25) is 0 Å². The van der Waals surface area contributed by atoms with Gasteiger partial charge in [0.25, 0.3) is 5.69 Å². The largest absolute Gasteiger partial charge is 0.491 e. The van der Waals surface area contributed by atoms with Crippen molar-refractivity contribution in [3.63, 3.8) is 0 Å². The van der Waals surface area contributed by atoms with Crippen LogP contribution in [0.15, 0.2) is 36.1 Å². The Morgan fingerprint density at radius 3 is 2.02 bits per heavy atom. The zero-order valence-corrected chi connectivity index (χ0v) is 38.3. The van der Waals surface area contributed by atoms with Crippen LogP contribution in [0.2, 0.25) is 0 Å². The molecule has 22 nitrogen and oxygen atoms in total. The lowest BCUT2D eigenvalue weighted by Gasteiger charge is -2.52. The summed E-state index contributed by atoms with van der Waals surface area (Å²) in [5.41, 5.74) is 2.44. The summed E-state index contributed by atoms with van der Waals surface area (Å²) >= 11 is 0. The predicted molar refractivity (Wildman–Crippen MR) is 226 cm³/mol. The van der Waals surface area contributed by atoms with Crippen molar-refractivity contribution in [1.82, 2.24) is 20.9 Å². The maximum atomic E-state index is 13.4. The summed E-state index contributed by atoms with van der Waals surface area (Å²) in [6, 6.07) is 1.12. The number of nitrogens with two attached hydrogens (primary N) is 1. The Morgan fingerprint density at radius 2 is 1.47 bits per heavy atom. The molecule has 0 spiro atoms. The molecule has 0 radical (unpaired) electrons. The minimum Gasteiger partial charge on any atom is -0.491 e. The zero-order valence-electron chi connectivity index (χ0n) is 38.3. The van der Waals surface area contributed by atoms with Crippen molar-refractivity contribution in [3.05, 3.63) is 51.8 Å². The van der Waals surface area contributed by atoms with Gasteiger partial charge in [-0.3, -0.25) is 10.1 Å². The van der Waals surface area contributed by atoms with E-state index in [0.29, 0.717) is 5.56 Å². The van der Waals surface area contributed by atoms with Crippen molar-refractivity contribution >= 4 is 30.1 Å². The van der Waals surface area contributed by atoms with Crippen LogP contribution in [0, 0.1) is 16.0 Å². The number of non-ortho nitro benzene ring substituents is 1. The molecule has 64 heavy (non-hydrogen) atoms. The molecule has 22 heteroatoms. The van der Waals surface area contributed by atoms with Gasteiger partial charge < -0.3 is 75.1 Å². The maximum absolute atomic E-state index is 13.4. The lowest BCUT2D eigenvalue weighted by molar-refractivity contribution is -0.384. The molecule has 2 heterocycles. The van der Waals surface area contributed by atoms with Gasteiger partial charge in [0.15, 0.2) is 6.29 Å². The predicted octanol–water partition coefficient (Wildman–Crippen LogP) is 3.08. The highest BCUT2D eigenvalue weighted by Gasteiger charge is 2.56. The first kappa shape index (κ1) is 51.6. The second-order valence-corrected chi connectivity index (χ2v) is 19.5. The molecule has 1 saturated carbocycles. The minimum absolute atomic E-state index is 0.118. The second-order valence-electron chi connectivity index (χ2n) is 19.5. The van der Waals surface area contributed by atoms with Crippen LogP contribution in [-0.2, 0) is 39.8 Å². The SMILES string of the molecule is CN(C(=O)OC(C)(C)C)[C@@H]1[C@@H](O)[C@@H](O[C@H]2[C@H](NC(=O)OC(C)(C)C)C[C@H](NC(=O)OC(C)(C)C)C([C@H]3OC(CNC(=O)OCc4ccc([N+](=O)[O-])cc4)=CC[C@H]3N)[C@@H]2O)OC[C@]1(C)O. The van der Waals surface area contributed by atoms with E-state index in [2.05, 4.69) is 16.0 Å². The van der Waals surface area contributed by atoms with Gasteiger partial charge in [-0.25, -0.2) is 19.2 Å². The monoisotopic (exact) mass is 910 g/mol. The highest BCUT2D eigenvalue weighted by Crippen LogP contribution is 2.38. The normalized spacial score (nSPS) is 29.8. The number of alkyl carbamates (subject to hydrolysis) is 3. The van der Waals surface area contributed by atoms with Crippen LogP contribution in [0.4, 0.5) is 24.9 Å². The number of ether oxygens (including phenoxy) is 7. The molecule has 4 amide bonds. The number of hydrogen-bond donors (Lipinski definition) is 7. The van der Waals surface area contributed by atoms with E-state index >= 15 is 0 Å². The highest BCUT2D eigenvalue weighted by molar-refractivity contribution is 5.70. The van der Waals surface area contributed by atoms with E-state index in [1.165, 1.54) is 38.2 Å². The maximum Gasteiger partial charge on any atom is 0.410 e. The van der Waals surface area contributed by atoms with E-state index in [4.69, 9.17) is 38.9 Å². The number of nitrogens with one attached hydrogen (secondary N) is 3. The molecule has 3 aliphatic rings. The number of carbonyl (C=O) groups is 4. The van der Waals surface area contributed by atoms with Crippen LogP contribution < -0.4 is 21.7 Å². The average Bonchev–Trinajstić information content (AvgIpc) is 3.14. The fraction of sp³-hybridized carbons (Fsp3) is 0.714. The molecule has 4 rings (SSSR count). The standard InChI is InChI=1S/C42H66N6O16/c1-39(2,3)62-36(52)45-26-18-27(46-37(53)63-40(4,5)6)32(61-34-30(50)33(42(10,55)21-59-34)47(11)38(54)64-41(7,8)9)29(49)28(26)31-25(43)17-16-24(60-31)19-44-35(51)58-20-22-12-14-23(15-13-22)48(56)57/h12-16,25-34,49-50,55H,17-21,43H2,1-11H3,(H,44,51)(H,45,52)(H,46,53)/t25-,26+,27-,28?,29+,30-,31+,32+,33-,34-,42+/m1/s1. The fourth-order valence-electron chi connectivity index (χ4n) is 7.66. The quantitative estimate of drug-likeness (QED) is 0.0953. The third-order valence-corrected chi connectivity index (χ3v) is 10.3. The van der Waals surface area contributed by atoms with E-state index in [1.807, 2.05) is 0 Å². The van der Waals surface area contributed by atoms with Crippen LogP contribution in [0.5, 0.6) is 0 Å². The van der Waals surface area contributed by atoms with Crippen LogP contribution in [-0.4, -0.2) is 147 Å². The summed E-state index contributed by atoms with van der Waals surface area (Å²) < 4.78 is 40.5. The number of nitro benzene ring substituents is 1. The van der Waals surface area contributed by atoms with E-state index in [-0.39, 0.29) is 37.4 Å². The first-order valence-corrected chi connectivity index (χ1v) is 21.0. The molecule has 11 atom stereocenters. The Labute approximate surface area is 372 Å². The molecule has 1 unspecified atom stereocenters. The molecule has 0 aromatic heterocycles. The first-order chi connectivity index (χ1) is 29.4. The Morgan fingerprint density at radius 1 is 0.906 bits per heavy atom. The Hall–Kier alpha value is -5.00. The molecule has 1 aliphatic carbocycles. The van der Waals surface area contributed by atoms with Gasteiger partial charge in [-0.05, 0) is 106 Å². The molecule has 2 fully saturated rings. The van der Waals surface area contributed by atoms with E-state index in [0.717, 1.165) is 4.90 Å². The first-order valence-electron chi connectivity index (χ1n) is 21.0. The number of benzene rings is 1. The van der Waals surface area contributed by atoms with E-state index < -0.39 is 119 Å². The summed E-state index contributed by atoms with van der Waals surface area (Å²) in [6.07, 6.45) is -9.35. The topological polar surface area (TPSA) is 302 Å². The number of rotatable bonds is 11. The molecule has 8 N–H and O–H groups in total. The van der Waals surface area contributed by atoms with E-state index in [9.17, 15) is 44.6 Å². The second kappa shape index (κ2) is 20.4. The molecule has 1 aromatic carbocycles. The Bertz CT molecular complexity index is 1840. The van der Waals surface area contributed by atoms with Crippen LogP contribution in [0.25, 0.3) is 0 Å². The van der Waals surface area contributed by atoms with Gasteiger partial charge in [-0.1, -0.05) is 0 Å². The van der Waals surface area contributed by atoms with Crippen molar-refractivity contribution < 1.29 is 72.6 Å². The summed E-state index contributed by atoms with van der Waals surface area (Å²) in [5.74, 6) is -0.902. The third kappa shape index (κ3) is 14.5. The van der Waals surface area contributed by atoms with Crippen molar-refractivity contribution in [1.29, 1.82) is 0 Å². The Kier molecular flexibility index (Phi) is 16.5. The smallest absolute Gasteiger partial charge is 0.410 e. The molecule has 0 bridgehead atoms. The lowest BCUT2D eigenvalue weighted by atomic mass is 9.72. The van der Waals surface area contributed by atoms with E-state index in [1.54, 1.807) is 68.4 Å².